The van der Waals surface area contributed by atoms with Gasteiger partial charge in [-0.05, 0) is 13.5 Å². The maximum Gasteiger partial charge on any atom is 0.125 e. The van der Waals surface area contributed by atoms with Crippen LogP contribution in [0.2, 0.25) is 0 Å². The Kier molecular flexibility index (Phi) is 2.43. The van der Waals surface area contributed by atoms with Crippen LogP contribution in [0.4, 0.5) is 5.82 Å². The van der Waals surface area contributed by atoms with Gasteiger partial charge in [0.05, 0.1) is 18.8 Å². The van der Waals surface area contributed by atoms with Crippen molar-refractivity contribution < 1.29 is 5.11 Å². The van der Waals surface area contributed by atoms with Gasteiger partial charge in [0.15, 0.2) is 0 Å². The largest absolute Gasteiger partial charge is 0.394 e. The molecule has 1 aliphatic heterocycles. The van der Waals surface area contributed by atoms with E-state index in [1.165, 1.54) is 0 Å². The minimum Gasteiger partial charge on any atom is -0.394 e. The van der Waals surface area contributed by atoms with Gasteiger partial charge in [0, 0.05) is 18.7 Å². The van der Waals surface area contributed by atoms with Gasteiger partial charge in [-0.1, -0.05) is 0 Å². The Labute approximate surface area is 83.1 Å². The molecule has 5 nitrogen and oxygen atoms in total. The van der Waals surface area contributed by atoms with Gasteiger partial charge in [-0.2, -0.15) is 5.10 Å². The number of nitrogens with two attached hydrogens (primary N) is 1. The number of hydrogen-bond acceptors (Lipinski definition) is 4. The minimum atomic E-state index is 0.0839. The maximum atomic E-state index is 8.83. The predicted molar refractivity (Wildman–Crippen MR) is 53.8 cm³/mol. The van der Waals surface area contributed by atoms with Gasteiger partial charge in [0.2, 0.25) is 0 Å². The Bertz CT molecular complexity index is 334. The number of rotatable bonds is 2. The summed E-state index contributed by atoms with van der Waals surface area (Å²) in [5.74, 6) is 0.724. The van der Waals surface area contributed by atoms with E-state index in [4.69, 9.17) is 10.8 Å². The highest BCUT2D eigenvalue weighted by molar-refractivity contribution is 5.44. The monoisotopic (exact) mass is 196 g/mol. The van der Waals surface area contributed by atoms with E-state index in [1.807, 2.05) is 0 Å². The summed E-state index contributed by atoms with van der Waals surface area (Å²) >= 11 is 0. The molecule has 3 N–H and O–H groups in total. The summed E-state index contributed by atoms with van der Waals surface area (Å²) in [7, 11) is 2.07. The van der Waals surface area contributed by atoms with E-state index in [0.717, 1.165) is 36.6 Å². The van der Waals surface area contributed by atoms with Crippen LogP contribution in [0.1, 0.15) is 11.3 Å². The van der Waals surface area contributed by atoms with Crippen molar-refractivity contribution in [2.75, 3.05) is 25.9 Å². The topological polar surface area (TPSA) is 67.3 Å². The van der Waals surface area contributed by atoms with Crippen molar-refractivity contribution in [2.45, 2.75) is 19.5 Å². The molecule has 0 atom stereocenters. The van der Waals surface area contributed by atoms with Crippen LogP contribution in [0.15, 0.2) is 0 Å². The first-order valence-corrected chi connectivity index (χ1v) is 4.86. The lowest BCUT2D eigenvalue weighted by molar-refractivity contribution is 0.269. The third-order valence-corrected chi connectivity index (χ3v) is 2.65. The van der Waals surface area contributed by atoms with E-state index in [-0.39, 0.29) is 6.61 Å². The van der Waals surface area contributed by atoms with Crippen molar-refractivity contribution in [3.05, 3.63) is 11.3 Å². The number of aliphatic hydroxyl groups excluding tert-OH is 1. The van der Waals surface area contributed by atoms with Crippen molar-refractivity contribution >= 4 is 5.82 Å². The number of aliphatic hydroxyl groups is 1. The first-order chi connectivity index (χ1) is 6.72. The summed E-state index contributed by atoms with van der Waals surface area (Å²) in [5.41, 5.74) is 8.15. The van der Waals surface area contributed by atoms with E-state index in [9.17, 15) is 0 Å². The van der Waals surface area contributed by atoms with Gasteiger partial charge in [0.1, 0.15) is 5.82 Å². The fourth-order valence-corrected chi connectivity index (χ4v) is 1.87. The number of likely N-dealkylation sites (N-methyl/N-ethyl adjacent to an activating group) is 1. The molecule has 1 aromatic rings. The maximum absolute atomic E-state index is 8.83. The number of aromatic nitrogens is 2. The molecule has 2 heterocycles. The summed E-state index contributed by atoms with van der Waals surface area (Å²) in [4.78, 5) is 2.22. The molecule has 1 aliphatic rings. The van der Waals surface area contributed by atoms with Gasteiger partial charge in [-0.3, -0.25) is 0 Å². The van der Waals surface area contributed by atoms with Crippen LogP contribution in [0.5, 0.6) is 0 Å². The van der Waals surface area contributed by atoms with Crippen LogP contribution in [0, 0.1) is 0 Å². The molecule has 0 saturated carbocycles. The standard InChI is InChI=1S/C9H16N4O/c1-12-3-2-7-8(6-12)11-13(4-5-14)9(7)10/h14H,2-6,10H2,1H3. The van der Waals surface area contributed by atoms with Crippen LogP contribution in [0.25, 0.3) is 0 Å². The van der Waals surface area contributed by atoms with E-state index in [0.29, 0.717) is 6.54 Å². The van der Waals surface area contributed by atoms with Crippen LogP contribution in [-0.4, -0.2) is 40.0 Å². The first-order valence-electron chi connectivity index (χ1n) is 4.86. The fourth-order valence-electron chi connectivity index (χ4n) is 1.87. The number of fused-ring (bicyclic) bond motifs is 1. The molecule has 0 fully saturated rings. The highest BCUT2D eigenvalue weighted by Crippen LogP contribution is 2.22. The van der Waals surface area contributed by atoms with Gasteiger partial charge in [0.25, 0.3) is 0 Å². The Hall–Kier alpha value is -1.07. The number of nitrogen functional groups attached to an aromatic ring is 1. The third-order valence-electron chi connectivity index (χ3n) is 2.65. The molecule has 2 rings (SSSR count). The quantitative estimate of drug-likeness (QED) is 0.665. The minimum absolute atomic E-state index is 0.0839. The van der Waals surface area contributed by atoms with Gasteiger partial charge in [-0.25, -0.2) is 4.68 Å². The Morgan fingerprint density at radius 3 is 3.07 bits per heavy atom. The molecule has 0 unspecified atom stereocenters. The average Bonchev–Trinajstić information content (AvgIpc) is 2.44. The molecular formula is C9H16N4O. The van der Waals surface area contributed by atoms with E-state index >= 15 is 0 Å². The zero-order chi connectivity index (χ0) is 10.1. The zero-order valence-corrected chi connectivity index (χ0v) is 8.40. The smallest absolute Gasteiger partial charge is 0.125 e. The second kappa shape index (κ2) is 3.59. The summed E-state index contributed by atoms with van der Waals surface area (Å²) in [6, 6.07) is 0. The molecule has 0 aromatic carbocycles. The van der Waals surface area contributed by atoms with Gasteiger partial charge in [-0.15, -0.1) is 0 Å². The van der Waals surface area contributed by atoms with Gasteiger partial charge >= 0.3 is 0 Å². The lowest BCUT2D eigenvalue weighted by atomic mass is 10.1. The molecule has 14 heavy (non-hydrogen) atoms. The molecule has 0 amide bonds. The van der Waals surface area contributed by atoms with Gasteiger partial charge < -0.3 is 15.7 Å². The van der Waals surface area contributed by atoms with Crippen LogP contribution in [0.3, 0.4) is 0 Å². The average molecular weight is 196 g/mol. The lowest BCUT2D eigenvalue weighted by Crippen LogP contribution is -2.26. The number of hydrogen-bond donors (Lipinski definition) is 2. The summed E-state index contributed by atoms with van der Waals surface area (Å²) < 4.78 is 1.70. The van der Waals surface area contributed by atoms with E-state index < -0.39 is 0 Å². The molecule has 0 aliphatic carbocycles. The Balaban J connectivity index is 2.31. The predicted octanol–water partition coefficient (Wildman–Crippen LogP) is -0.555. The molecular weight excluding hydrogens is 180 g/mol. The van der Waals surface area contributed by atoms with Crippen molar-refractivity contribution in [2.24, 2.45) is 0 Å². The highest BCUT2D eigenvalue weighted by atomic mass is 16.3. The second-order valence-electron chi connectivity index (χ2n) is 3.75. The number of nitrogens with zero attached hydrogens (tertiary/aromatic N) is 3. The third kappa shape index (κ3) is 1.49. The highest BCUT2D eigenvalue weighted by Gasteiger charge is 2.20. The second-order valence-corrected chi connectivity index (χ2v) is 3.75. The fraction of sp³-hybridized carbons (Fsp3) is 0.667. The van der Waals surface area contributed by atoms with Crippen molar-refractivity contribution in [1.82, 2.24) is 14.7 Å². The summed E-state index contributed by atoms with van der Waals surface area (Å²) in [6.45, 7) is 2.46. The molecule has 1 aromatic heterocycles. The molecule has 5 heteroatoms. The van der Waals surface area contributed by atoms with Crippen LogP contribution >= 0.6 is 0 Å². The van der Waals surface area contributed by atoms with Crippen LogP contribution < -0.4 is 5.73 Å². The lowest BCUT2D eigenvalue weighted by Gasteiger charge is -2.20. The molecule has 0 spiro atoms. The molecule has 0 saturated heterocycles. The normalized spacial score (nSPS) is 17.0. The molecule has 0 radical (unpaired) electrons. The molecule has 0 bridgehead atoms. The van der Waals surface area contributed by atoms with E-state index in [2.05, 4.69) is 17.0 Å². The van der Waals surface area contributed by atoms with Crippen LogP contribution in [-0.2, 0) is 19.5 Å². The van der Waals surface area contributed by atoms with Crippen molar-refractivity contribution in [3.8, 4) is 0 Å². The summed E-state index contributed by atoms with van der Waals surface area (Å²) in [6.07, 6.45) is 0.961. The van der Waals surface area contributed by atoms with Crippen molar-refractivity contribution in [1.29, 1.82) is 0 Å². The molecule has 78 valence electrons. The first kappa shape index (κ1) is 9.48. The Morgan fingerprint density at radius 1 is 1.57 bits per heavy atom. The summed E-state index contributed by atoms with van der Waals surface area (Å²) in [5, 5.41) is 13.2. The SMILES string of the molecule is CN1CCc2c(nn(CCO)c2N)C1. The Morgan fingerprint density at radius 2 is 2.36 bits per heavy atom. The van der Waals surface area contributed by atoms with E-state index in [1.54, 1.807) is 4.68 Å². The van der Waals surface area contributed by atoms with Crippen molar-refractivity contribution in [3.63, 3.8) is 0 Å². The zero-order valence-electron chi connectivity index (χ0n) is 8.40. The number of anilines is 1.